The van der Waals surface area contributed by atoms with Crippen LogP contribution in [0.2, 0.25) is 0 Å². The Morgan fingerprint density at radius 3 is 2.59 bits per heavy atom. The molecule has 186 valence electrons. The van der Waals surface area contributed by atoms with E-state index in [1.165, 1.54) is 24.5 Å². The Balaban J connectivity index is 1.53. The van der Waals surface area contributed by atoms with Crippen molar-refractivity contribution in [1.29, 1.82) is 0 Å². The number of nitrogens with zero attached hydrogens (tertiary/aromatic N) is 5. The molecule has 2 aromatic carbocycles. The highest BCUT2D eigenvalue weighted by Crippen LogP contribution is 2.38. The highest BCUT2D eigenvalue weighted by molar-refractivity contribution is 6.00. The molecule has 5 aromatic rings. The molecule has 1 amide bonds. The van der Waals surface area contributed by atoms with Crippen LogP contribution in [-0.4, -0.2) is 43.5 Å². The second-order valence-corrected chi connectivity index (χ2v) is 8.96. The molecule has 4 N–H and O–H groups in total. The van der Waals surface area contributed by atoms with E-state index in [4.69, 9.17) is 16.2 Å². The van der Waals surface area contributed by atoms with Crippen molar-refractivity contribution in [2.24, 2.45) is 5.73 Å². The van der Waals surface area contributed by atoms with Crippen molar-refractivity contribution in [1.82, 2.24) is 24.4 Å². The lowest BCUT2D eigenvalue weighted by Gasteiger charge is -2.24. The zero-order valence-electron chi connectivity index (χ0n) is 19.8. The van der Waals surface area contributed by atoms with E-state index in [9.17, 15) is 9.18 Å². The Kier molecular flexibility index (Phi) is 5.65. The lowest BCUT2D eigenvalue weighted by atomic mass is 9.96. The van der Waals surface area contributed by atoms with E-state index >= 15 is 0 Å². The molecule has 0 spiro atoms. The number of aromatic nitrogens is 5. The normalized spacial score (nSPS) is 14.3. The number of fused-ring (bicyclic) bond motifs is 1. The zero-order valence-corrected chi connectivity index (χ0v) is 19.8. The third-order valence-corrected chi connectivity index (χ3v) is 6.79. The molecule has 3 aromatic heterocycles. The smallest absolute Gasteiger partial charge is 0.249 e. The molecule has 9 nitrogen and oxygen atoms in total. The van der Waals surface area contributed by atoms with Crippen LogP contribution in [0.15, 0.2) is 67.1 Å². The van der Waals surface area contributed by atoms with Crippen LogP contribution >= 0.6 is 0 Å². The fraction of sp³-hybridized carbons (Fsp3) is 0.185. The molecule has 0 bridgehead atoms. The number of rotatable bonds is 5. The third-order valence-electron chi connectivity index (χ3n) is 6.79. The molecule has 0 radical (unpaired) electrons. The van der Waals surface area contributed by atoms with Gasteiger partial charge in [0.15, 0.2) is 5.82 Å². The average Bonchev–Trinajstić information content (AvgIpc) is 3.55. The van der Waals surface area contributed by atoms with Gasteiger partial charge in [-0.3, -0.25) is 9.48 Å². The second kappa shape index (κ2) is 9.14. The fourth-order valence-corrected chi connectivity index (χ4v) is 5.07. The Hall–Kier alpha value is -4.57. The van der Waals surface area contributed by atoms with Crippen LogP contribution in [0.25, 0.3) is 39.2 Å². The van der Waals surface area contributed by atoms with E-state index in [0.29, 0.717) is 30.1 Å². The summed E-state index contributed by atoms with van der Waals surface area (Å²) in [5.74, 6) is -0.893. The van der Waals surface area contributed by atoms with E-state index in [1.807, 2.05) is 28.9 Å². The number of hydrogen-bond donors (Lipinski definition) is 2. The SMILES string of the molecule is NC(=O)c1cccc(F)c1-c1cccc(-c2cc(-c3ccnn3C3CCOCC3)c3c(N)ncnn23)c1. The van der Waals surface area contributed by atoms with Gasteiger partial charge in [-0.15, -0.1) is 0 Å². The van der Waals surface area contributed by atoms with Crippen LogP contribution < -0.4 is 11.5 Å². The van der Waals surface area contributed by atoms with E-state index in [0.717, 1.165) is 35.4 Å². The summed E-state index contributed by atoms with van der Waals surface area (Å²) < 4.78 is 24.2. The minimum Gasteiger partial charge on any atom is -0.382 e. The van der Waals surface area contributed by atoms with Crippen LogP contribution in [-0.2, 0) is 4.74 Å². The summed E-state index contributed by atoms with van der Waals surface area (Å²) >= 11 is 0. The van der Waals surface area contributed by atoms with E-state index in [2.05, 4.69) is 15.2 Å². The van der Waals surface area contributed by atoms with Crippen LogP contribution in [0.5, 0.6) is 0 Å². The van der Waals surface area contributed by atoms with Crippen molar-refractivity contribution in [3.8, 4) is 33.6 Å². The Bertz CT molecular complexity index is 1640. The van der Waals surface area contributed by atoms with Crippen LogP contribution in [0.4, 0.5) is 10.2 Å². The van der Waals surface area contributed by atoms with Crippen molar-refractivity contribution < 1.29 is 13.9 Å². The van der Waals surface area contributed by atoms with Gasteiger partial charge in [0, 0.05) is 41.7 Å². The number of nitrogens with two attached hydrogens (primary N) is 2. The van der Waals surface area contributed by atoms with Gasteiger partial charge in [0.1, 0.15) is 17.7 Å². The van der Waals surface area contributed by atoms with Crippen molar-refractivity contribution in [2.45, 2.75) is 18.9 Å². The minimum atomic E-state index is -0.697. The molecule has 1 saturated heterocycles. The number of anilines is 1. The number of nitrogen functional groups attached to an aromatic ring is 1. The summed E-state index contributed by atoms with van der Waals surface area (Å²) in [6, 6.07) is 15.7. The number of halogens is 1. The maximum Gasteiger partial charge on any atom is 0.249 e. The van der Waals surface area contributed by atoms with Crippen LogP contribution in [0.1, 0.15) is 29.2 Å². The number of carbonyl (C=O) groups is 1. The van der Waals surface area contributed by atoms with Crippen molar-refractivity contribution in [3.05, 3.63) is 78.5 Å². The topological polar surface area (TPSA) is 126 Å². The van der Waals surface area contributed by atoms with Gasteiger partial charge in [0.25, 0.3) is 0 Å². The number of amides is 1. The average molecular weight is 498 g/mol. The van der Waals surface area contributed by atoms with Crippen molar-refractivity contribution in [2.75, 3.05) is 18.9 Å². The predicted octanol–water partition coefficient (Wildman–Crippen LogP) is 4.10. The molecular weight excluding hydrogens is 473 g/mol. The van der Waals surface area contributed by atoms with Crippen molar-refractivity contribution >= 4 is 17.2 Å². The molecule has 1 fully saturated rings. The van der Waals surface area contributed by atoms with Gasteiger partial charge in [-0.1, -0.05) is 24.3 Å². The highest BCUT2D eigenvalue weighted by Gasteiger charge is 2.24. The Morgan fingerprint density at radius 1 is 1.00 bits per heavy atom. The Morgan fingerprint density at radius 2 is 1.78 bits per heavy atom. The maximum absolute atomic E-state index is 14.9. The molecule has 37 heavy (non-hydrogen) atoms. The molecule has 1 aliphatic rings. The highest BCUT2D eigenvalue weighted by atomic mass is 19.1. The lowest BCUT2D eigenvalue weighted by molar-refractivity contribution is 0.0667. The van der Waals surface area contributed by atoms with Crippen molar-refractivity contribution in [3.63, 3.8) is 0 Å². The first-order valence-corrected chi connectivity index (χ1v) is 12.0. The maximum atomic E-state index is 14.9. The summed E-state index contributed by atoms with van der Waals surface area (Å²) in [5.41, 5.74) is 16.6. The number of ether oxygens (including phenoxy) is 1. The number of hydrogen-bond acceptors (Lipinski definition) is 6. The lowest BCUT2D eigenvalue weighted by Crippen LogP contribution is -2.21. The van der Waals surface area contributed by atoms with Gasteiger partial charge in [0.05, 0.1) is 17.4 Å². The minimum absolute atomic E-state index is 0.116. The summed E-state index contributed by atoms with van der Waals surface area (Å²) in [4.78, 5) is 16.2. The molecular formula is C27H24FN7O2. The van der Waals surface area contributed by atoms with E-state index in [-0.39, 0.29) is 17.2 Å². The number of benzene rings is 2. The van der Waals surface area contributed by atoms with Crippen LogP contribution in [0.3, 0.4) is 0 Å². The first-order valence-electron chi connectivity index (χ1n) is 12.0. The molecule has 4 heterocycles. The first kappa shape index (κ1) is 22.9. The van der Waals surface area contributed by atoms with Gasteiger partial charge in [-0.05, 0) is 48.7 Å². The number of primary amides is 1. The van der Waals surface area contributed by atoms with Gasteiger partial charge in [-0.25, -0.2) is 13.9 Å². The molecule has 0 atom stereocenters. The molecule has 0 unspecified atom stereocenters. The zero-order chi connectivity index (χ0) is 25.5. The molecule has 10 heteroatoms. The third kappa shape index (κ3) is 3.91. The van der Waals surface area contributed by atoms with Gasteiger partial charge < -0.3 is 16.2 Å². The summed E-state index contributed by atoms with van der Waals surface area (Å²) in [5, 5.41) is 9.09. The monoisotopic (exact) mass is 497 g/mol. The van der Waals surface area contributed by atoms with E-state index in [1.54, 1.807) is 22.8 Å². The number of carbonyl (C=O) groups excluding carboxylic acids is 1. The summed E-state index contributed by atoms with van der Waals surface area (Å²) in [6.07, 6.45) is 4.91. The summed E-state index contributed by atoms with van der Waals surface area (Å²) in [6.45, 7) is 1.38. The quantitative estimate of drug-likeness (QED) is 0.377. The van der Waals surface area contributed by atoms with Gasteiger partial charge >= 0.3 is 0 Å². The van der Waals surface area contributed by atoms with E-state index < -0.39 is 11.7 Å². The fourth-order valence-electron chi connectivity index (χ4n) is 5.07. The summed E-state index contributed by atoms with van der Waals surface area (Å²) in [7, 11) is 0. The standard InChI is InChI=1S/C27H24FN7O2/c28-21-6-2-5-19(27(30)36)24(21)17-4-1-3-16(13-17)23-14-20(25-26(29)31-15-33-35(23)25)22-7-10-32-34(22)18-8-11-37-12-9-18/h1-7,10,13-15,18H,8-9,11-12H2,(H2,30,36)(H2,29,31,33). The van der Waals surface area contributed by atoms with Gasteiger partial charge in [0.2, 0.25) is 5.91 Å². The second-order valence-electron chi connectivity index (χ2n) is 8.96. The molecule has 0 saturated carbocycles. The van der Waals surface area contributed by atoms with Gasteiger partial charge in [-0.2, -0.15) is 10.2 Å². The molecule has 0 aliphatic carbocycles. The van der Waals surface area contributed by atoms with Crippen LogP contribution in [0, 0.1) is 5.82 Å². The largest absolute Gasteiger partial charge is 0.382 e. The molecule has 1 aliphatic heterocycles. The first-order chi connectivity index (χ1) is 18.0. The molecule has 6 rings (SSSR count). The predicted molar refractivity (Wildman–Crippen MR) is 137 cm³/mol. The Labute approximate surface area is 211 Å².